The molecule has 1 aliphatic rings. The van der Waals surface area contributed by atoms with E-state index in [-0.39, 0.29) is 29.9 Å². The number of hydrogen-bond donors (Lipinski definition) is 2. The van der Waals surface area contributed by atoms with Gasteiger partial charge in [-0.15, -0.1) is 0 Å². The molecule has 3 aromatic rings. The van der Waals surface area contributed by atoms with Gasteiger partial charge in [0.25, 0.3) is 0 Å². The van der Waals surface area contributed by atoms with Crippen LogP contribution < -0.4 is 11.5 Å². The van der Waals surface area contributed by atoms with Crippen LogP contribution in [0.4, 0.5) is 0 Å². The van der Waals surface area contributed by atoms with Crippen LogP contribution in [0.25, 0.3) is 0 Å². The average molecular weight is 663 g/mol. The molecular formula is C39H51ClN2O5. The number of rotatable bonds is 17. The third kappa shape index (κ3) is 13.2. The number of carbonyl (C=O) groups excluding carboxylic acids is 1. The Hall–Kier alpha value is -3.62. The molecule has 254 valence electrons. The second-order valence-electron chi connectivity index (χ2n) is 11.3. The number of hydrogen-bond acceptors (Lipinski definition) is 7. The zero-order valence-electron chi connectivity index (χ0n) is 28.0. The third-order valence-electron chi connectivity index (χ3n) is 7.67. The molecule has 1 saturated heterocycles. The number of ketones is 1. The fourth-order valence-corrected chi connectivity index (χ4v) is 5.39. The van der Waals surface area contributed by atoms with Crippen molar-refractivity contribution >= 4 is 17.4 Å². The summed E-state index contributed by atoms with van der Waals surface area (Å²) in [5, 5.41) is 0.305. The van der Waals surface area contributed by atoms with Crippen LogP contribution in [0.1, 0.15) is 92.4 Å². The maximum atomic E-state index is 13.3. The molecule has 3 unspecified atom stereocenters. The number of carbonyl (C=O) groups is 1. The second-order valence-corrected chi connectivity index (χ2v) is 11.7. The van der Waals surface area contributed by atoms with Crippen molar-refractivity contribution in [3.05, 3.63) is 130 Å². The summed E-state index contributed by atoms with van der Waals surface area (Å²) in [5.41, 5.74) is 15.4. The third-order valence-corrected chi connectivity index (χ3v) is 8.00. The first kappa shape index (κ1) is 37.8. The van der Waals surface area contributed by atoms with Gasteiger partial charge in [0.1, 0.15) is 0 Å². The number of unbranched alkanes of at least 4 members (excludes halogenated alkanes) is 3. The largest absolute Gasteiger partial charge is 0.479 e. The van der Waals surface area contributed by atoms with Gasteiger partial charge < -0.3 is 30.4 Å². The van der Waals surface area contributed by atoms with E-state index in [4.69, 9.17) is 42.0 Å². The maximum absolute atomic E-state index is 13.3. The van der Waals surface area contributed by atoms with E-state index in [1.807, 2.05) is 68.4 Å². The van der Waals surface area contributed by atoms with Gasteiger partial charge in [-0.1, -0.05) is 118 Å². The Labute approximate surface area is 285 Å². The van der Waals surface area contributed by atoms with Gasteiger partial charge >= 0.3 is 0 Å². The van der Waals surface area contributed by atoms with Crippen LogP contribution >= 0.6 is 11.6 Å². The van der Waals surface area contributed by atoms with E-state index < -0.39 is 5.78 Å². The summed E-state index contributed by atoms with van der Waals surface area (Å²) < 4.78 is 24.5. The number of Topliss-reactive ketones (excluding diaryl/α,β-unsaturated/α-hetero) is 1. The van der Waals surface area contributed by atoms with Crippen LogP contribution in [0.5, 0.6) is 0 Å². The molecule has 1 aliphatic heterocycles. The molecule has 3 aromatic carbocycles. The Bertz CT molecular complexity index is 1400. The number of halogens is 1. The minimum atomic E-state index is -0.399. The van der Waals surface area contributed by atoms with E-state index in [0.29, 0.717) is 49.9 Å². The van der Waals surface area contributed by atoms with Crippen LogP contribution in [0, 0.1) is 0 Å². The lowest BCUT2D eigenvalue weighted by molar-refractivity contribution is -0.142. The zero-order chi connectivity index (χ0) is 33.9. The molecule has 4 N–H and O–H groups in total. The van der Waals surface area contributed by atoms with Crippen LogP contribution in [0.2, 0.25) is 5.02 Å². The maximum Gasteiger partial charge on any atom is 0.210 e. The number of allylic oxidation sites excluding steroid dienone is 3. The molecule has 0 spiro atoms. The van der Waals surface area contributed by atoms with Crippen molar-refractivity contribution in [3.8, 4) is 0 Å². The molecule has 0 saturated carbocycles. The lowest BCUT2D eigenvalue weighted by atomic mass is 9.94. The first-order valence-electron chi connectivity index (χ1n) is 16.8. The van der Waals surface area contributed by atoms with E-state index in [2.05, 4.69) is 19.1 Å². The molecule has 3 atom stereocenters. The molecule has 7 nitrogen and oxygen atoms in total. The standard InChI is InChI=1S/C37H45ClN2O5.C2H6/c1-2-3-4-11-20-43-36(40)19-18-34(39)37(41)32-21-29(16-17-33(32)38)35-23-30(44-25-28-14-9-6-10-15-28)22-31(45-35)26-42-24-27-12-7-5-8-13-27;1-2/h5-10,12-19,21,30-31,35H,2-4,11,20,22-26,39-40H2,1H3;1-2H3/b34-18-,36-19+;. The Kier molecular flexibility index (Phi) is 17.1. The van der Waals surface area contributed by atoms with E-state index in [1.165, 1.54) is 12.2 Å². The quantitative estimate of drug-likeness (QED) is 0.0489. The lowest BCUT2D eigenvalue weighted by Crippen LogP contribution is -2.35. The Morgan fingerprint density at radius 2 is 1.57 bits per heavy atom. The van der Waals surface area contributed by atoms with E-state index in [1.54, 1.807) is 12.1 Å². The molecule has 1 heterocycles. The molecule has 1 fully saturated rings. The molecule has 0 bridgehead atoms. The van der Waals surface area contributed by atoms with Crippen LogP contribution in [0.15, 0.2) is 103 Å². The smallest absolute Gasteiger partial charge is 0.210 e. The van der Waals surface area contributed by atoms with Crippen LogP contribution in [-0.2, 0) is 32.2 Å². The first-order valence-corrected chi connectivity index (χ1v) is 17.1. The minimum Gasteiger partial charge on any atom is -0.479 e. The molecule has 8 heteroatoms. The van der Waals surface area contributed by atoms with E-state index >= 15 is 0 Å². The van der Waals surface area contributed by atoms with Crippen molar-refractivity contribution in [2.24, 2.45) is 11.5 Å². The van der Waals surface area contributed by atoms with Crippen molar-refractivity contribution < 1.29 is 23.7 Å². The van der Waals surface area contributed by atoms with Gasteiger partial charge in [0.15, 0.2) is 5.88 Å². The van der Waals surface area contributed by atoms with Gasteiger partial charge in [-0.05, 0) is 47.4 Å². The van der Waals surface area contributed by atoms with Gasteiger partial charge in [0.05, 0.1) is 55.5 Å². The second kappa shape index (κ2) is 21.3. The Morgan fingerprint density at radius 3 is 2.26 bits per heavy atom. The van der Waals surface area contributed by atoms with Crippen LogP contribution in [0.3, 0.4) is 0 Å². The molecule has 4 rings (SSSR count). The fraction of sp³-hybridized carbons (Fsp3) is 0.410. The number of ether oxygens (including phenoxy) is 4. The van der Waals surface area contributed by atoms with Gasteiger partial charge in [-0.3, -0.25) is 4.79 Å². The Balaban J connectivity index is 0.00000294. The highest BCUT2D eigenvalue weighted by Gasteiger charge is 2.32. The van der Waals surface area contributed by atoms with Crippen molar-refractivity contribution in [3.63, 3.8) is 0 Å². The summed E-state index contributed by atoms with van der Waals surface area (Å²) >= 11 is 6.49. The number of benzene rings is 3. The van der Waals surface area contributed by atoms with Crippen molar-refractivity contribution in [2.45, 2.75) is 90.8 Å². The zero-order valence-corrected chi connectivity index (χ0v) is 28.8. The highest BCUT2D eigenvalue weighted by molar-refractivity contribution is 6.34. The average Bonchev–Trinajstić information content (AvgIpc) is 3.11. The molecule has 0 radical (unpaired) electrons. The van der Waals surface area contributed by atoms with Gasteiger partial charge in [-0.25, -0.2) is 0 Å². The summed E-state index contributed by atoms with van der Waals surface area (Å²) in [4.78, 5) is 13.3. The molecular weight excluding hydrogens is 612 g/mol. The topological polar surface area (TPSA) is 106 Å². The molecule has 0 aromatic heterocycles. The van der Waals surface area contributed by atoms with Crippen molar-refractivity contribution in [1.29, 1.82) is 0 Å². The first-order chi connectivity index (χ1) is 22.9. The normalized spacial score (nSPS) is 18.3. The monoisotopic (exact) mass is 662 g/mol. The van der Waals surface area contributed by atoms with E-state index in [9.17, 15) is 4.79 Å². The minimum absolute atomic E-state index is 0.00686. The molecule has 0 amide bonds. The predicted molar refractivity (Wildman–Crippen MR) is 190 cm³/mol. The highest BCUT2D eigenvalue weighted by Crippen LogP contribution is 2.35. The van der Waals surface area contributed by atoms with Crippen molar-refractivity contribution in [2.75, 3.05) is 13.2 Å². The Morgan fingerprint density at radius 1 is 0.894 bits per heavy atom. The van der Waals surface area contributed by atoms with E-state index in [0.717, 1.165) is 42.4 Å². The molecule has 47 heavy (non-hydrogen) atoms. The van der Waals surface area contributed by atoms with Gasteiger partial charge in [-0.2, -0.15) is 0 Å². The van der Waals surface area contributed by atoms with Crippen LogP contribution in [-0.4, -0.2) is 31.2 Å². The van der Waals surface area contributed by atoms with Gasteiger partial charge in [0, 0.05) is 18.4 Å². The summed E-state index contributed by atoms with van der Waals surface area (Å²) in [6.07, 6.45) is 8.01. The number of nitrogens with two attached hydrogens (primary N) is 2. The summed E-state index contributed by atoms with van der Waals surface area (Å²) in [7, 11) is 0. The molecule has 0 aliphatic carbocycles. The lowest BCUT2D eigenvalue weighted by Gasteiger charge is -2.36. The van der Waals surface area contributed by atoms with Gasteiger partial charge in [0.2, 0.25) is 5.78 Å². The van der Waals surface area contributed by atoms with Crippen molar-refractivity contribution in [1.82, 2.24) is 0 Å². The summed E-state index contributed by atoms with van der Waals surface area (Å²) in [5.74, 6) is -0.191. The summed E-state index contributed by atoms with van der Waals surface area (Å²) in [6.45, 7) is 8.09. The summed E-state index contributed by atoms with van der Waals surface area (Å²) in [6, 6.07) is 25.5. The highest BCUT2D eigenvalue weighted by atomic mass is 35.5. The SMILES string of the molecule is CC.CCCCCCO/C(N)=C/C=C(\N)C(=O)c1cc(C2CC(OCc3ccccc3)CC(COCc3ccccc3)O2)ccc1Cl. The predicted octanol–water partition coefficient (Wildman–Crippen LogP) is 8.81. The fourth-order valence-electron chi connectivity index (χ4n) is 5.19.